The van der Waals surface area contributed by atoms with Crippen molar-refractivity contribution in [3.8, 4) is 56.7 Å². The molecule has 6 nitrogen and oxygen atoms in total. The first kappa shape index (κ1) is 37.3. The summed E-state index contributed by atoms with van der Waals surface area (Å²) in [5.41, 5.74) is 12.7. The monoisotopic (exact) mass is 855 g/mol. The molecular weight excluding hydrogens is 819 g/mol. The summed E-state index contributed by atoms with van der Waals surface area (Å²) in [6, 6.07) is 79.1. The van der Waals surface area contributed by atoms with E-state index in [0.29, 0.717) is 17.5 Å². The van der Waals surface area contributed by atoms with Crippen LogP contribution >= 0.6 is 0 Å². The largest absolute Gasteiger partial charge is 0.456 e. The van der Waals surface area contributed by atoms with E-state index >= 15 is 0 Å². The minimum Gasteiger partial charge on any atom is -0.456 e. The van der Waals surface area contributed by atoms with Crippen molar-refractivity contribution < 1.29 is 4.42 Å². The molecule has 0 aliphatic rings. The second kappa shape index (κ2) is 14.7. The lowest BCUT2D eigenvalue weighted by molar-refractivity contribution is 0.669. The Morgan fingerprint density at radius 2 is 0.896 bits per heavy atom. The van der Waals surface area contributed by atoms with Crippen molar-refractivity contribution in [2.75, 3.05) is 0 Å². The zero-order valence-corrected chi connectivity index (χ0v) is 36.0. The molecule has 0 fully saturated rings. The van der Waals surface area contributed by atoms with E-state index in [1.807, 2.05) is 18.2 Å². The Hall–Kier alpha value is -9.13. The summed E-state index contributed by atoms with van der Waals surface area (Å²) in [7, 11) is 0. The average Bonchev–Trinajstić information content (AvgIpc) is 4.05. The van der Waals surface area contributed by atoms with Gasteiger partial charge in [0.1, 0.15) is 11.2 Å². The van der Waals surface area contributed by atoms with Crippen LogP contribution in [0.25, 0.3) is 133 Å². The predicted molar refractivity (Wildman–Crippen MR) is 275 cm³/mol. The normalized spacial score (nSPS) is 11.9. The van der Waals surface area contributed by atoms with Gasteiger partial charge < -0.3 is 13.6 Å². The van der Waals surface area contributed by atoms with Crippen LogP contribution in [0.5, 0.6) is 0 Å². The highest BCUT2D eigenvalue weighted by Crippen LogP contribution is 2.43. The Balaban J connectivity index is 1.11. The first-order valence-electron chi connectivity index (χ1n) is 22.6. The number of nitrogens with zero attached hydrogens (tertiary/aromatic N) is 5. The lowest BCUT2D eigenvalue weighted by Gasteiger charge is -2.16. The third kappa shape index (κ3) is 5.86. The first-order valence-corrected chi connectivity index (χ1v) is 22.6. The zero-order chi connectivity index (χ0) is 44.0. The second-order valence-electron chi connectivity index (χ2n) is 17.2. The summed E-state index contributed by atoms with van der Waals surface area (Å²) < 4.78 is 11.4. The van der Waals surface area contributed by atoms with Gasteiger partial charge in [0, 0.05) is 54.7 Å². The van der Waals surface area contributed by atoms with Crippen LogP contribution in [-0.2, 0) is 0 Å². The van der Waals surface area contributed by atoms with Gasteiger partial charge in [-0.2, -0.15) is 0 Å². The number of para-hydroxylation sites is 5. The van der Waals surface area contributed by atoms with Crippen molar-refractivity contribution in [1.29, 1.82) is 0 Å². The smallest absolute Gasteiger partial charge is 0.166 e. The molecule has 0 unspecified atom stereocenters. The second-order valence-corrected chi connectivity index (χ2v) is 17.2. The van der Waals surface area contributed by atoms with Crippen LogP contribution in [0.1, 0.15) is 0 Å². The highest BCUT2D eigenvalue weighted by molar-refractivity contribution is 6.16. The van der Waals surface area contributed by atoms with E-state index in [4.69, 9.17) is 19.4 Å². The molecule has 10 aromatic carbocycles. The number of fused-ring (bicyclic) bond motifs is 10. The molecule has 14 rings (SSSR count). The number of hydrogen-bond acceptors (Lipinski definition) is 4. The van der Waals surface area contributed by atoms with Crippen molar-refractivity contribution in [2.24, 2.45) is 0 Å². The fourth-order valence-corrected chi connectivity index (χ4v) is 10.3. The molecule has 4 aromatic heterocycles. The third-order valence-corrected chi connectivity index (χ3v) is 13.3. The van der Waals surface area contributed by atoms with Gasteiger partial charge in [-0.1, -0.05) is 158 Å². The van der Waals surface area contributed by atoms with Gasteiger partial charge in [-0.25, -0.2) is 15.0 Å². The molecule has 4 heterocycles. The molecule has 0 saturated carbocycles. The first-order chi connectivity index (χ1) is 33.2. The van der Waals surface area contributed by atoms with Crippen LogP contribution in [0.4, 0.5) is 0 Å². The van der Waals surface area contributed by atoms with Gasteiger partial charge >= 0.3 is 0 Å². The molecular formula is C61H37N5O. The lowest BCUT2D eigenvalue weighted by Crippen LogP contribution is -2.05. The van der Waals surface area contributed by atoms with Crippen molar-refractivity contribution in [3.63, 3.8) is 0 Å². The van der Waals surface area contributed by atoms with E-state index in [9.17, 15) is 0 Å². The number of hydrogen-bond donors (Lipinski definition) is 0. The molecule has 0 radical (unpaired) electrons. The molecule has 67 heavy (non-hydrogen) atoms. The number of aromatic nitrogens is 5. The molecule has 0 bridgehead atoms. The molecule has 0 amide bonds. The Bertz CT molecular complexity index is 4280. The fourth-order valence-electron chi connectivity index (χ4n) is 10.3. The quantitative estimate of drug-likeness (QED) is 0.167. The van der Waals surface area contributed by atoms with Crippen LogP contribution in [0.15, 0.2) is 229 Å². The number of furan rings is 1. The number of benzene rings is 10. The van der Waals surface area contributed by atoms with Gasteiger partial charge in [0.2, 0.25) is 0 Å². The fraction of sp³-hybridized carbons (Fsp3) is 0. The molecule has 0 N–H and O–H groups in total. The van der Waals surface area contributed by atoms with Crippen LogP contribution in [-0.4, -0.2) is 24.1 Å². The minimum absolute atomic E-state index is 0.536. The Morgan fingerprint density at radius 1 is 0.313 bits per heavy atom. The standard InChI is InChI=1S/C61H37N5O/c1-3-17-38(18-4-1)39-21-15-22-42(33-39)59-62-60(48-29-16-28-47-44-25-9-12-30-52(44)65(58(47)48)43-23-5-2-6-24-43)64-61(63-59)51-37-57-50(46-27-11-14-32-56(46)67-57)36-55(51)66-53-31-13-10-26-45(53)49-34-40-19-7-8-20-41(40)35-54(49)66/h1-37H. The SMILES string of the molecule is c1ccc(-c2cccc(-c3nc(-c4cc5oc6ccccc6c5cc4-n4c5ccccc5c5cc6ccccc6cc54)nc(-c4cccc5c6ccccc6n(-c6ccccc6)c45)n3)c2)cc1. The van der Waals surface area contributed by atoms with Crippen LogP contribution in [0.3, 0.4) is 0 Å². The van der Waals surface area contributed by atoms with Gasteiger partial charge in [-0.15, -0.1) is 0 Å². The summed E-state index contributed by atoms with van der Waals surface area (Å²) >= 11 is 0. The summed E-state index contributed by atoms with van der Waals surface area (Å²) in [5, 5.41) is 9.05. The summed E-state index contributed by atoms with van der Waals surface area (Å²) in [6.07, 6.45) is 0. The molecule has 0 spiro atoms. The minimum atomic E-state index is 0.536. The van der Waals surface area contributed by atoms with Gasteiger partial charge in [0.15, 0.2) is 17.5 Å². The van der Waals surface area contributed by atoms with Gasteiger partial charge in [-0.3, -0.25) is 0 Å². The highest BCUT2D eigenvalue weighted by Gasteiger charge is 2.24. The van der Waals surface area contributed by atoms with Gasteiger partial charge in [0.25, 0.3) is 0 Å². The van der Waals surface area contributed by atoms with Crippen molar-refractivity contribution in [2.45, 2.75) is 0 Å². The van der Waals surface area contributed by atoms with Crippen LogP contribution in [0, 0.1) is 0 Å². The van der Waals surface area contributed by atoms with Gasteiger partial charge in [-0.05, 0) is 88.6 Å². The van der Waals surface area contributed by atoms with E-state index in [-0.39, 0.29) is 0 Å². The van der Waals surface area contributed by atoms with E-state index < -0.39 is 0 Å². The van der Waals surface area contributed by atoms with Crippen molar-refractivity contribution in [1.82, 2.24) is 24.1 Å². The lowest BCUT2D eigenvalue weighted by atomic mass is 10.0. The van der Waals surface area contributed by atoms with Gasteiger partial charge in [0.05, 0.1) is 27.8 Å². The van der Waals surface area contributed by atoms with Crippen LogP contribution < -0.4 is 0 Å². The maximum Gasteiger partial charge on any atom is 0.166 e. The average molecular weight is 856 g/mol. The Labute approximate surface area is 384 Å². The van der Waals surface area contributed by atoms with Crippen LogP contribution in [0.2, 0.25) is 0 Å². The molecule has 6 heteroatoms. The van der Waals surface area contributed by atoms with Crippen molar-refractivity contribution in [3.05, 3.63) is 224 Å². The molecule has 312 valence electrons. The summed E-state index contributed by atoms with van der Waals surface area (Å²) in [5.74, 6) is 1.68. The summed E-state index contributed by atoms with van der Waals surface area (Å²) in [4.78, 5) is 16.5. The molecule has 14 aromatic rings. The van der Waals surface area contributed by atoms with E-state index in [1.54, 1.807) is 0 Å². The number of rotatable bonds is 6. The Kier molecular flexibility index (Phi) is 8.18. The third-order valence-electron chi connectivity index (χ3n) is 13.3. The zero-order valence-electron chi connectivity index (χ0n) is 36.0. The molecule has 0 saturated heterocycles. The molecule has 0 atom stereocenters. The predicted octanol–water partition coefficient (Wildman–Crippen LogP) is 15.8. The van der Waals surface area contributed by atoms with E-state index in [1.165, 1.54) is 21.5 Å². The molecule has 0 aliphatic heterocycles. The van der Waals surface area contributed by atoms with Crippen molar-refractivity contribution >= 4 is 76.3 Å². The maximum atomic E-state index is 6.69. The summed E-state index contributed by atoms with van der Waals surface area (Å²) in [6.45, 7) is 0. The molecule has 0 aliphatic carbocycles. The Morgan fingerprint density at radius 3 is 1.70 bits per heavy atom. The maximum absolute atomic E-state index is 6.69. The van der Waals surface area contributed by atoms with E-state index in [0.717, 1.165) is 94.0 Å². The van der Waals surface area contributed by atoms with E-state index in [2.05, 4.69) is 215 Å². The topological polar surface area (TPSA) is 61.7 Å². The highest BCUT2D eigenvalue weighted by atomic mass is 16.3.